The lowest BCUT2D eigenvalue weighted by molar-refractivity contribution is -0.141. The Balaban J connectivity index is 4.38. The number of sulfonamides is 1. The van der Waals surface area contributed by atoms with E-state index in [-0.39, 0.29) is 5.75 Å². The summed E-state index contributed by atoms with van der Waals surface area (Å²) in [5.41, 5.74) is 0. The van der Waals surface area contributed by atoms with Gasteiger partial charge in [0.15, 0.2) is 0 Å². The highest BCUT2D eigenvalue weighted by molar-refractivity contribution is 7.89. The van der Waals surface area contributed by atoms with Crippen LogP contribution in [-0.4, -0.2) is 43.2 Å². The lowest BCUT2D eigenvalue weighted by Gasteiger charge is -2.15. The molecular formula is C9H18N2O5S. The number of rotatable bonds is 7. The number of hydrogen-bond acceptors (Lipinski definition) is 4. The molecule has 0 heterocycles. The molecule has 2 unspecified atom stereocenters. The first kappa shape index (κ1) is 15.9. The van der Waals surface area contributed by atoms with Gasteiger partial charge in [-0.25, -0.2) is 13.1 Å². The molecule has 0 aliphatic carbocycles. The molecule has 7 nitrogen and oxygen atoms in total. The van der Waals surface area contributed by atoms with Crippen LogP contribution in [0.25, 0.3) is 0 Å². The maximum absolute atomic E-state index is 11.4. The summed E-state index contributed by atoms with van der Waals surface area (Å²) >= 11 is 0. The van der Waals surface area contributed by atoms with Gasteiger partial charge in [-0.15, -0.1) is 0 Å². The Labute approximate surface area is 101 Å². The van der Waals surface area contributed by atoms with Crippen LogP contribution in [0.3, 0.4) is 0 Å². The average molecular weight is 266 g/mol. The lowest BCUT2D eigenvalue weighted by Crippen LogP contribution is -2.49. The van der Waals surface area contributed by atoms with Crippen LogP contribution < -0.4 is 10.0 Å². The van der Waals surface area contributed by atoms with Gasteiger partial charge < -0.3 is 10.4 Å². The molecule has 0 saturated carbocycles. The van der Waals surface area contributed by atoms with Crippen molar-refractivity contribution in [2.24, 2.45) is 0 Å². The van der Waals surface area contributed by atoms with E-state index in [1.54, 1.807) is 6.92 Å². The maximum Gasteiger partial charge on any atom is 0.325 e. The standard InChI is InChI=1S/C9H18N2O5S/c1-4-5-17(15,16)11-6(2)8(12)10-7(3)9(13)14/h6-7,11H,4-5H2,1-3H3,(H,10,12)(H,13,14). The van der Waals surface area contributed by atoms with Gasteiger partial charge in [0.25, 0.3) is 0 Å². The van der Waals surface area contributed by atoms with Gasteiger partial charge in [-0.1, -0.05) is 6.92 Å². The molecule has 0 aromatic carbocycles. The molecule has 0 aliphatic heterocycles. The molecule has 1 amide bonds. The van der Waals surface area contributed by atoms with Crippen LogP contribution >= 0.6 is 0 Å². The minimum absolute atomic E-state index is 0.0703. The molecule has 0 radical (unpaired) electrons. The summed E-state index contributed by atoms with van der Waals surface area (Å²) in [5.74, 6) is -1.92. The molecule has 0 spiro atoms. The molecule has 0 aromatic rings. The quantitative estimate of drug-likeness (QED) is 0.563. The third-order valence-electron chi connectivity index (χ3n) is 1.95. The van der Waals surface area contributed by atoms with Gasteiger partial charge >= 0.3 is 5.97 Å². The van der Waals surface area contributed by atoms with Crippen molar-refractivity contribution in [1.82, 2.24) is 10.0 Å². The van der Waals surface area contributed by atoms with Gasteiger partial charge in [0.05, 0.1) is 11.8 Å². The predicted octanol–water partition coefficient (Wildman–Crippen LogP) is -0.706. The first-order chi connectivity index (χ1) is 7.69. The Kier molecular flexibility index (Phi) is 6.11. The second kappa shape index (κ2) is 6.55. The predicted molar refractivity (Wildman–Crippen MR) is 61.9 cm³/mol. The molecule has 3 N–H and O–H groups in total. The van der Waals surface area contributed by atoms with E-state index in [4.69, 9.17) is 5.11 Å². The van der Waals surface area contributed by atoms with Crippen molar-refractivity contribution in [3.05, 3.63) is 0 Å². The van der Waals surface area contributed by atoms with Crippen molar-refractivity contribution in [1.29, 1.82) is 0 Å². The Morgan fingerprint density at radius 1 is 1.24 bits per heavy atom. The normalized spacial score (nSPS) is 15.0. The van der Waals surface area contributed by atoms with Crippen LogP contribution in [0.5, 0.6) is 0 Å². The second-order valence-electron chi connectivity index (χ2n) is 3.73. The van der Waals surface area contributed by atoms with Gasteiger partial charge in [0.2, 0.25) is 15.9 Å². The summed E-state index contributed by atoms with van der Waals surface area (Å²) in [5, 5.41) is 10.8. The van der Waals surface area contributed by atoms with Crippen LogP contribution in [0, 0.1) is 0 Å². The van der Waals surface area contributed by atoms with Crippen molar-refractivity contribution in [2.75, 3.05) is 5.75 Å². The smallest absolute Gasteiger partial charge is 0.325 e. The van der Waals surface area contributed by atoms with E-state index in [9.17, 15) is 18.0 Å². The second-order valence-corrected chi connectivity index (χ2v) is 5.60. The average Bonchev–Trinajstić information content (AvgIpc) is 2.16. The van der Waals surface area contributed by atoms with E-state index in [2.05, 4.69) is 10.0 Å². The van der Waals surface area contributed by atoms with Crippen molar-refractivity contribution in [2.45, 2.75) is 39.3 Å². The van der Waals surface area contributed by atoms with E-state index in [0.29, 0.717) is 6.42 Å². The zero-order valence-corrected chi connectivity index (χ0v) is 10.9. The summed E-state index contributed by atoms with van der Waals surface area (Å²) in [6, 6.07) is -2.05. The van der Waals surface area contributed by atoms with Gasteiger partial charge in [-0.3, -0.25) is 9.59 Å². The fourth-order valence-electron chi connectivity index (χ4n) is 1.05. The Bertz CT molecular complexity index is 379. The van der Waals surface area contributed by atoms with Gasteiger partial charge in [0.1, 0.15) is 6.04 Å². The fraction of sp³-hybridized carbons (Fsp3) is 0.778. The number of amides is 1. The molecule has 0 aromatic heterocycles. The number of hydrogen-bond donors (Lipinski definition) is 3. The number of nitrogens with one attached hydrogen (secondary N) is 2. The first-order valence-corrected chi connectivity index (χ1v) is 6.88. The monoisotopic (exact) mass is 266 g/mol. The Morgan fingerprint density at radius 3 is 2.18 bits per heavy atom. The van der Waals surface area contributed by atoms with Crippen LogP contribution in [-0.2, 0) is 19.6 Å². The third kappa shape index (κ3) is 6.22. The highest BCUT2D eigenvalue weighted by atomic mass is 32.2. The van der Waals surface area contributed by atoms with Crippen LogP contribution in [0.1, 0.15) is 27.2 Å². The summed E-state index contributed by atoms with van der Waals surface area (Å²) in [6.45, 7) is 4.36. The van der Waals surface area contributed by atoms with Gasteiger partial charge in [-0.05, 0) is 20.3 Å². The molecule has 17 heavy (non-hydrogen) atoms. The van der Waals surface area contributed by atoms with Crippen LogP contribution in [0.4, 0.5) is 0 Å². The number of carboxylic acid groups (broad SMARTS) is 1. The molecule has 100 valence electrons. The molecule has 8 heteroatoms. The minimum Gasteiger partial charge on any atom is -0.480 e. The molecule has 0 rings (SSSR count). The summed E-state index contributed by atoms with van der Waals surface area (Å²) in [4.78, 5) is 21.9. The lowest BCUT2D eigenvalue weighted by atomic mass is 10.3. The summed E-state index contributed by atoms with van der Waals surface area (Å²) in [7, 11) is -3.49. The van der Waals surface area contributed by atoms with Crippen LogP contribution in [0.15, 0.2) is 0 Å². The maximum atomic E-state index is 11.4. The summed E-state index contributed by atoms with van der Waals surface area (Å²) < 4.78 is 24.9. The number of aliphatic carboxylic acids is 1. The topological polar surface area (TPSA) is 113 Å². The number of carboxylic acids is 1. The highest BCUT2D eigenvalue weighted by Crippen LogP contribution is 1.93. The SMILES string of the molecule is CCCS(=O)(=O)NC(C)C(=O)NC(C)C(=O)O. The highest BCUT2D eigenvalue weighted by Gasteiger charge is 2.22. The van der Waals surface area contributed by atoms with Crippen molar-refractivity contribution in [3.63, 3.8) is 0 Å². The summed E-state index contributed by atoms with van der Waals surface area (Å²) in [6.07, 6.45) is 0.440. The van der Waals surface area contributed by atoms with Crippen LogP contribution in [0.2, 0.25) is 0 Å². The number of carbonyl (C=O) groups excluding carboxylic acids is 1. The van der Waals surface area contributed by atoms with Gasteiger partial charge in [0, 0.05) is 0 Å². The zero-order valence-electron chi connectivity index (χ0n) is 10.1. The Hall–Kier alpha value is -1.15. The number of carbonyl (C=O) groups is 2. The fourth-order valence-corrected chi connectivity index (χ4v) is 2.35. The van der Waals surface area contributed by atoms with E-state index >= 15 is 0 Å². The molecule has 0 saturated heterocycles. The molecule has 2 atom stereocenters. The van der Waals surface area contributed by atoms with Gasteiger partial charge in [-0.2, -0.15) is 0 Å². The van der Waals surface area contributed by atoms with E-state index in [1.165, 1.54) is 13.8 Å². The largest absolute Gasteiger partial charge is 0.480 e. The molecular weight excluding hydrogens is 248 g/mol. The van der Waals surface area contributed by atoms with E-state index in [0.717, 1.165) is 0 Å². The minimum atomic E-state index is -3.49. The Morgan fingerprint density at radius 2 is 1.76 bits per heavy atom. The third-order valence-corrected chi connectivity index (χ3v) is 3.61. The molecule has 0 bridgehead atoms. The zero-order chi connectivity index (χ0) is 13.6. The molecule has 0 aliphatic rings. The van der Waals surface area contributed by atoms with E-state index in [1.807, 2.05) is 0 Å². The molecule has 0 fully saturated rings. The van der Waals surface area contributed by atoms with Crippen molar-refractivity contribution < 1.29 is 23.1 Å². The van der Waals surface area contributed by atoms with E-state index < -0.39 is 34.0 Å². The van der Waals surface area contributed by atoms with Crippen molar-refractivity contribution in [3.8, 4) is 0 Å². The van der Waals surface area contributed by atoms with Crippen molar-refractivity contribution >= 4 is 21.9 Å². The first-order valence-electron chi connectivity index (χ1n) is 5.22.